The van der Waals surface area contributed by atoms with E-state index >= 15 is 0 Å². The van der Waals surface area contributed by atoms with Crippen LogP contribution < -0.4 is 9.64 Å². The second kappa shape index (κ2) is 6.52. The Morgan fingerprint density at radius 3 is 2.92 bits per heavy atom. The second-order valence-electron chi connectivity index (χ2n) is 5.56. The number of fused-ring (bicyclic) bond motifs is 1. The zero-order chi connectivity index (χ0) is 17.3. The predicted octanol–water partition coefficient (Wildman–Crippen LogP) is 2.02. The molecule has 0 unspecified atom stereocenters. The van der Waals surface area contributed by atoms with E-state index in [1.165, 1.54) is 9.80 Å². The van der Waals surface area contributed by atoms with Gasteiger partial charge in [-0.2, -0.15) is 0 Å². The van der Waals surface area contributed by atoms with Gasteiger partial charge in [-0.05, 0) is 25.1 Å². The van der Waals surface area contributed by atoms with E-state index in [9.17, 15) is 9.59 Å². The number of aromatic nitrogens is 1. The van der Waals surface area contributed by atoms with Gasteiger partial charge in [-0.15, -0.1) is 0 Å². The van der Waals surface area contributed by atoms with Crippen molar-refractivity contribution in [2.24, 2.45) is 0 Å². The number of ether oxygens (including phenoxy) is 1. The summed E-state index contributed by atoms with van der Waals surface area (Å²) in [5.41, 5.74) is 1.15. The Bertz CT molecular complexity index is 789. The number of anilines is 1. The van der Waals surface area contributed by atoms with Gasteiger partial charge in [0.2, 0.25) is 5.91 Å². The number of hydrogen-bond acceptors (Lipinski definition) is 5. The fourth-order valence-electron chi connectivity index (χ4n) is 2.43. The van der Waals surface area contributed by atoms with Crippen molar-refractivity contribution < 1.29 is 18.8 Å². The lowest BCUT2D eigenvalue weighted by atomic mass is 10.2. The Morgan fingerprint density at radius 1 is 1.42 bits per heavy atom. The van der Waals surface area contributed by atoms with Crippen LogP contribution in [0.2, 0.25) is 5.02 Å². The van der Waals surface area contributed by atoms with Gasteiger partial charge in [0.05, 0.1) is 12.2 Å². The number of aryl methyl sites for hydroxylation is 1. The molecule has 0 aliphatic carbocycles. The summed E-state index contributed by atoms with van der Waals surface area (Å²) in [7, 11) is 1.65. The molecule has 2 aromatic rings. The molecule has 0 N–H and O–H groups in total. The minimum Gasteiger partial charge on any atom is -0.482 e. The van der Waals surface area contributed by atoms with E-state index in [1.807, 2.05) is 0 Å². The summed E-state index contributed by atoms with van der Waals surface area (Å²) in [5, 5.41) is 4.33. The van der Waals surface area contributed by atoms with Crippen molar-refractivity contribution in [2.45, 2.75) is 13.5 Å². The summed E-state index contributed by atoms with van der Waals surface area (Å²) >= 11 is 5.99. The molecule has 2 heterocycles. The minimum atomic E-state index is -0.288. The summed E-state index contributed by atoms with van der Waals surface area (Å²) in [5.74, 6) is 0.694. The number of hydrogen-bond donors (Lipinski definition) is 0. The van der Waals surface area contributed by atoms with Crippen molar-refractivity contribution >= 4 is 29.1 Å². The average Bonchev–Trinajstić information content (AvgIpc) is 2.95. The molecule has 126 valence electrons. The van der Waals surface area contributed by atoms with E-state index in [0.29, 0.717) is 34.5 Å². The van der Waals surface area contributed by atoms with Gasteiger partial charge in [0.15, 0.2) is 6.61 Å². The molecule has 0 bridgehead atoms. The van der Waals surface area contributed by atoms with Gasteiger partial charge in [-0.3, -0.25) is 14.5 Å². The highest BCUT2D eigenvalue weighted by molar-refractivity contribution is 6.31. The molecule has 1 aliphatic heterocycles. The highest BCUT2D eigenvalue weighted by atomic mass is 35.5. The summed E-state index contributed by atoms with van der Waals surface area (Å²) in [6.07, 6.45) is 0. The van der Waals surface area contributed by atoms with Gasteiger partial charge in [-0.25, -0.2) is 0 Å². The number of rotatable bonds is 4. The normalized spacial score (nSPS) is 13.5. The lowest BCUT2D eigenvalue weighted by Crippen LogP contribution is -2.45. The first-order chi connectivity index (χ1) is 11.4. The molecular weight excluding hydrogens is 334 g/mol. The molecule has 3 rings (SSSR count). The Balaban J connectivity index is 1.74. The van der Waals surface area contributed by atoms with Crippen LogP contribution in [0.1, 0.15) is 11.5 Å². The average molecular weight is 350 g/mol. The molecule has 8 heteroatoms. The van der Waals surface area contributed by atoms with Gasteiger partial charge in [0, 0.05) is 18.1 Å². The third kappa shape index (κ3) is 3.35. The molecule has 0 fully saturated rings. The molecule has 1 aliphatic rings. The van der Waals surface area contributed by atoms with Crippen LogP contribution in [-0.2, 0) is 16.1 Å². The molecule has 0 saturated heterocycles. The smallest absolute Gasteiger partial charge is 0.265 e. The minimum absolute atomic E-state index is 0.0944. The van der Waals surface area contributed by atoms with E-state index in [1.54, 1.807) is 38.2 Å². The number of carbonyl (C=O) groups excluding carboxylic acids is 2. The van der Waals surface area contributed by atoms with Gasteiger partial charge in [0.1, 0.15) is 23.7 Å². The Hall–Kier alpha value is -2.54. The van der Waals surface area contributed by atoms with Gasteiger partial charge < -0.3 is 14.2 Å². The van der Waals surface area contributed by atoms with Crippen LogP contribution in [0.4, 0.5) is 5.69 Å². The number of nitrogens with zero attached hydrogens (tertiary/aromatic N) is 3. The van der Waals surface area contributed by atoms with Gasteiger partial charge in [-0.1, -0.05) is 16.8 Å². The lowest BCUT2D eigenvalue weighted by Gasteiger charge is -2.30. The van der Waals surface area contributed by atoms with Crippen LogP contribution in [0, 0.1) is 6.92 Å². The third-order valence-electron chi connectivity index (χ3n) is 3.66. The van der Waals surface area contributed by atoms with Crippen LogP contribution in [0.25, 0.3) is 0 Å². The summed E-state index contributed by atoms with van der Waals surface area (Å²) in [6.45, 7) is 1.89. The van der Waals surface area contributed by atoms with E-state index < -0.39 is 0 Å². The van der Waals surface area contributed by atoms with E-state index in [4.69, 9.17) is 20.9 Å². The molecule has 2 amide bonds. The van der Waals surface area contributed by atoms with Crippen LogP contribution >= 0.6 is 11.6 Å². The quantitative estimate of drug-likeness (QED) is 0.844. The topological polar surface area (TPSA) is 75.9 Å². The van der Waals surface area contributed by atoms with Crippen molar-refractivity contribution in [3.8, 4) is 5.75 Å². The SMILES string of the molecule is Cc1cc(CN(C)C(=O)CN2C(=O)COc3ccc(Cl)cc32)no1. The predicted molar refractivity (Wildman–Crippen MR) is 87.0 cm³/mol. The molecule has 1 aromatic heterocycles. The number of benzene rings is 1. The van der Waals surface area contributed by atoms with Crippen LogP contribution in [0.3, 0.4) is 0 Å². The summed E-state index contributed by atoms with van der Waals surface area (Å²) in [6, 6.07) is 6.74. The lowest BCUT2D eigenvalue weighted by molar-refractivity contribution is -0.131. The Kier molecular flexibility index (Phi) is 4.44. The molecule has 24 heavy (non-hydrogen) atoms. The number of amides is 2. The van der Waals surface area contributed by atoms with Gasteiger partial charge >= 0.3 is 0 Å². The first-order valence-corrected chi connectivity index (χ1v) is 7.70. The first kappa shape index (κ1) is 16.3. The van der Waals surface area contributed by atoms with Crippen LogP contribution in [0.5, 0.6) is 5.75 Å². The molecule has 0 atom stereocenters. The molecule has 7 nitrogen and oxygen atoms in total. The molecule has 0 radical (unpaired) electrons. The molecule has 0 saturated carbocycles. The summed E-state index contributed by atoms with van der Waals surface area (Å²) < 4.78 is 10.4. The zero-order valence-electron chi connectivity index (χ0n) is 13.3. The number of carbonyl (C=O) groups is 2. The zero-order valence-corrected chi connectivity index (χ0v) is 14.0. The summed E-state index contributed by atoms with van der Waals surface area (Å²) in [4.78, 5) is 27.5. The van der Waals surface area contributed by atoms with Crippen molar-refractivity contribution in [2.75, 3.05) is 25.1 Å². The fraction of sp³-hybridized carbons (Fsp3) is 0.312. The number of likely N-dealkylation sites (N-methyl/N-ethyl adjacent to an activating group) is 1. The van der Waals surface area contributed by atoms with E-state index in [0.717, 1.165) is 0 Å². The second-order valence-corrected chi connectivity index (χ2v) is 6.00. The van der Waals surface area contributed by atoms with Crippen molar-refractivity contribution in [1.29, 1.82) is 0 Å². The Morgan fingerprint density at radius 2 is 2.21 bits per heavy atom. The van der Waals surface area contributed by atoms with E-state index in [2.05, 4.69) is 5.16 Å². The standard InChI is InChI=1S/C16H16ClN3O4/c1-10-5-12(18-24-10)7-19(2)15(21)8-20-13-6-11(17)3-4-14(13)23-9-16(20)22/h3-6H,7-9H2,1-2H3. The molecular formula is C16H16ClN3O4. The fourth-order valence-corrected chi connectivity index (χ4v) is 2.59. The monoisotopic (exact) mass is 349 g/mol. The first-order valence-electron chi connectivity index (χ1n) is 7.33. The highest BCUT2D eigenvalue weighted by Crippen LogP contribution is 2.34. The van der Waals surface area contributed by atoms with Crippen LogP contribution in [0.15, 0.2) is 28.8 Å². The maximum atomic E-state index is 12.5. The maximum absolute atomic E-state index is 12.5. The molecule has 0 spiro atoms. The van der Waals surface area contributed by atoms with E-state index in [-0.39, 0.29) is 25.0 Å². The van der Waals surface area contributed by atoms with Crippen molar-refractivity contribution in [3.63, 3.8) is 0 Å². The Labute approximate surface area is 143 Å². The molecule has 1 aromatic carbocycles. The maximum Gasteiger partial charge on any atom is 0.265 e. The number of halogens is 1. The van der Waals surface area contributed by atoms with Crippen molar-refractivity contribution in [3.05, 3.63) is 40.7 Å². The van der Waals surface area contributed by atoms with Crippen LogP contribution in [-0.4, -0.2) is 42.1 Å². The highest BCUT2D eigenvalue weighted by Gasteiger charge is 2.28. The van der Waals surface area contributed by atoms with Crippen molar-refractivity contribution in [1.82, 2.24) is 10.1 Å². The largest absolute Gasteiger partial charge is 0.482 e. The third-order valence-corrected chi connectivity index (χ3v) is 3.89. The van der Waals surface area contributed by atoms with Gasteiger partial charge in [0.25, 0.3) is 5.91 Å².